The van der Waals surface area contributed by atoms with Gasteiger partial charge in [-0.1, -0.05) is 31.9 Å². The highest BCUT2D eigenvalue weighted by molar-refractivity contribution is 9.25. The molecule has 0 aromatic carbocycles. The van der Waals surface area contributed by atoms with Gasteiger partial charge < -0.3 is 15.3 Å². The molecule has 0 radical (unpaired) electrons. The Morgan fingerprint density at radius 3 is 2.18 bits per heavy atom. The number of halogens is 2. The van der Waals surface area contributed by atoms with Crippen LogP contribution >= 0.6 is 31.9 Å². The zero-order chi connectivity index (χ0) is 8.65. The molecule has 0 amide bonds. The van der Waals surface area contributed by atoms with Gasteiger partial charge in [-0.3, -0.25) is 0 Å². The molecule has 1 aliphatic carbocycles. The molecule has 3 atom stereocenters. The van der Waals surface area contributed by atoms with Crippen molar-refractivity contribution in [2.45, 2.75) is 21.9 Å². The van der Waals surface area contributed by atoms with E-state index in [1.807, 2.05) is 0 Å². The highest BCUT2D eigenvalue weighted by Crippen LogP contribution is 2.58. The molecule has 0 aromatic rings. The Labute approximate surface area is 81.7 Å². The first-order valence-corrected chi connectivity index (χ1v) is 4.92. The van der Waals surface area contributed by atoms with Crippen LogP contribution in [0.5, 0.6) is 0 Å². The third kappa shape index (κ3) is 2.15. The minimum absolute atomic E-state index is 0.00958. The molecule has 0 saturated heterocycles. The molecule has 5 heteroatoms. The van der Waals surface area contributed by atoms with Crippen molar-refractivity contribution < 1.29 is 15.3 Å². The van der Waals surface area contributed by atoms with E-state index in [0.717, 1.165) is 6.42 Å². The van der Waals surface area contributed by atoms with Gasteiger partial charge in [0.25, 0.3) is 0 Å². The van der Waals surface area contributed by atoms with Crippen molar-refractivity contribution in [3.8, 4) is 0 Å². The minimum atomic E-state index is -1.03. The Morgan fingerprint density at radius 1 is 1.45 bits per heavy atom. The predicted molar refractivity (Wildman–Crippen MR) is 47.8 cm³/mol. The number of aliphatic hydroxyl groups excluding tert-OH is 3. The smallest absolute Gasteiger partial charge is 0.103 e. The highest BCUT2D eigenvalue weighted by atomic mass is 79.9. The van der Waals surface area contributed by atoms with Crippen LogP contribution in [0.1, 0.15) is 6.42 Å². The summed E-state index contributed by atoms with van der Waals surface area (Å²) in [5.41, 5.74) is 0. The maximum Gasteiger partial charge on any atom is 0.103 e. The molecular weight excluding hydrogens is 280 g/mol. The van der Waals surface area contributed by atoms with Gasteiger partial charge in [-0.05, 0) is 6.42 Å². The van der Waals surface area contributed by atoms with E-state index in [1.54, 1.807) is 0 Å². The zero-order valence-electron chi connectivity index (χ0n) is 5.74. The van der Waals surface area contributed by atoms with Gasteiger partial charge in [0.2, 0.25) is 0 Å². The van der Waals surface area contributed by atoms with Crippen molar-refractivity contribution in [2.24, 2.45) is 5.92 Å². The van der Waals surface area contributed by atoms with Gasteiger partial charge in [0.05, 0.1) is 15.9 Å². The summed E-state index contributed by atoms with van der Waals surface area (Å²) in [5, 5.41) is 26.9. The molecule has 3 unspecified atom stereocenters. The van der Waals surface area contributed by atoms with Crippen molar-refractivity contribution in [3.05, 3.63) is 0 Å². The Morgan fingerprint density at radius 2 is 1.91 bits per heavy atom. The number of hydrogen-bond donors (Lipinski definition) is 3. The van der Waals surface area contributed by atoms with Crippen LogP contribution in [0.4, 0.5) is 0 Å². The van der Waals surface area contributed by atoms with Crippen LogP contribution in [-0.4, -0.2) is 37.4 Å². The summed E-state index contributed by atoms with van der Waals surface area (Å²) >= 11 is 6.63. The van der Waals surface area contributed by atoms with Gasteiger partial charge in [0.15, 0.2) is 0 Å². The molecule has 0 aliphatic heterocycles. The van der Waals surface area contributed by atoms with Crippen LogP contribution < -0.4 is 0 Å². The van der Waals surface area contributed by atoms with E-state index in [-0.39, 0.29) is 9.15 Å². The summed E-state index contributed by atoms with van der Waals surface area (Å²) in [6.45, 7) is -0.395. The second kappa shape index (κ2) is 3.30. The molecule has 3 N–H and O–H groups in total. The maximum atomic E-state index is 9.32. The van der Waals surface area contributed by atoms with Crippen LogP contribution in [-0.2, 0) is 0 Å². The monoisotopic (exact) mass is 288 g/mol. The Bertz CT molecular complexity index is 151. The van der Waals surface area contributed by atoms with Crippen LogP contribution in [0.3, 0.4) is 0 Å². The van der Waals surface area contributed by atoms with E-state index in [0.29, 0.717) is 0 Å². The van der Waals surface area contributed by atoms with Gasteiger partial charge in [-0.15, -0.1) is 0 Å². The van der Waals surface area contributed by atoms with Crippen LogP contribution in [0.2, 0.25) is 0 Å². The lowest BCUT2D eigenvalue weighted by atomic mass is 10.1. The summed E-state index contributed by atoms with van der Waals surface area (Å²) in [4.78, 5) is 0. The van der Waals surface area contributed by atoms with E-state index >= 15 is 0 Å². The molecule has 1 fully saturated rings. The minimum Gasteiger partial charge on any atom is -0.394 e. The molecule has 1 rings (SSSR count). The van der Waals surface area contributed by atoms with Crippen molar-refractivity contribution in [3.63, 3.8) is 0 Å². The lowest BCUT2D eigenvalue weighted by molar-refractivity contribution is -0.0243. The summed E-state index contributed by atoms with van der Waals surface area (Å²) in [6.07, 6.45) is -1.11. The molecule has 11 heavy (non-hydrogen) atoms. The normalized spacial score (nSPS) is 33.0. The average Bonchev–Trinajstić information content (AvgIpc) is 2.56. The largest absolute Gasteiger partial charge is 0.394 e. The van der Waals surface area contributed by atoms with Gasteiger partial charge in [0, 0.05) is 5.92 Å². The average molecular weight is 290 g/mol. The third-order valence-electron chi connectivity index (χ3n) is 1.87. The lowest BCUT2D eigenvalue weighted by Crippen LogP contribution is -2.32. The lowest BCUT2D eigenvalue weighted by Gasteiger charge is -2.15. The highest BCUT2D eigenvalue weighted by Gasteiger charge is 2.55. The van der Waals surface area contributed by atoms with Gasteiger partial charge in [-0.25, -0.2) is 0 Å². The molecule has 0 spiro atoms. The molecular formula is C6H10Br2O3. The van der Waals surface area contributed by atoms with Crippen molar-refractivity contribution in [2.75, 3.05) is 6.61 Å². The molecule has 0 aromatic heterocycles. The standard InChI is InChI=1S/C6H10Br2O3/c7-6(8)1-3(6)5(11)4(10)2-9/h3-5,9-11H,1-2H2. The van der Waals surface area contributed by atoms with Crippen molar-refractivity contribution in [1.29, 1.82) is 0 Å². The van der Waals surface area contributed by atoms with Gasteiger partial charge in [0.1, 0.15) is 6.10 Å². The fourth-order valence-corrected chi connectivity index (χ4v) is 2.22. The van der Waals surface area contributed by atoms with E-state index < -0.39 is 18.8 Å². The van der Waals surface area contributed by atoms with E-state index in [2.05, 4.69) is 31.9 Å². The summed E-state index contributed by atoms with van der Waals surface area (Å²) < 4.78 is -0.227. The van der Waals surface area contributed by atoms with Crippen LogP contribution in [0.25, 0.3) is 0 Å². The summed E-state index contributed by atoms with van der Waals surface area (Å²) in [7, 11) is 0. The number of alkyl halides is 2. The Hall–Kier alpha value is 0.840. The first-order chi connectivity index (χ1) is 4.99. The number of rotatable bonds is 3. The number of aliphatic hydroxyl groups is 3. The topological polar surface area (TPSA) is 60.7 Å². The van der Waals surface area contributed by atoms with Crippen LogP contribution in [0, 0.1) is 5.92 Å². The van der Waals surface area contributed by atoms with Gasteiger partial charge >= 0.3 is 0 Å². The van der Waals surface area contributed by atoms with Crippen molar-refractivity contribution in [1.82, 2.24) is 0 Å². The van der Waals surface area contributed by atoms with E-state index in [1.165, 1.54) is 0 Å². The van der Waals surface area contributed by atoms with Crippen LogP contribution in [0.15, 0.2) is 0 Å². The molecule has 1 aliphatic rings. The molecule has 0 bridgehead atoms. The van der Waals surface area contributed by atoms with E-state index in [9.17, 15) is 5.11 Å². The van der Waals surface area contributed by atoms with Crippen molar-refractivity contribution >= 4 is 31.9 Å². The Kier molecular flexibility index (Phi) is 2.98. The second-order valence-electron chi connectivity index (χ2n) is 2.81. The fourth-order valence-electron chi connectivity index (χ4n) is 0.981. The molecule has 3 nitrogen and oxygen atoms in total. The predicted octanol–water partition coefficient (Wildman–Crippen LogP) is 0.207. The maximum absolute atomic E-state index is 9.32. The van der Waals surface area contributed by atoms with Gasteiger partial charge in [-0.2, -0.15) is 0 Å². The number of hydrogen-bond acceptors (Lipinski definition) is 3. The molecule has 1 saturated carbocycles. The summed E-state index contributed by atoms with van der Waals surface area (Å²) in [6, 6.07) is 0. The third-order valence-corrected chi connectivity index (χ3v) is 3.69. The molecule has 0 heterocycles. The summed E-state index contributed by atoms with van der Waals surface area (Å²) in [5.74, 6) is -0.00958. The SMILES string of the molecule is OCC(O)C(O)C1CC1(Br)Br. The first kappa shape index (κ1) is 9.92. The second-order valence-corrected chi connectivity index (χ2v) is 6.71. The quantitative estimate of drug-likeness (QED) is 0.651. The zero-order valence-corrected chi connectivity index (χ0v) is 8.92. The molecule has 66 valence electrons. The first-order valence-electron chi connectivity index (χ1n) is 3.34. The van der Waals surface area contributed by atoms with E-state index in [4.69, 9.17) is 10.2 Å². The fraction of sp³-hybridized carbons (Fsp3) is 1.00. The Balaban J connectivity index is 2.39.